The maximum Gasteiger partial charge on any atom is 0.273 e. The quantitative estimate of drug-likeness (QED) is 0.442. The Bertz CT molecular complexity index is 985. The van der Waals surface area contributed by atoms with E-state index >= 15 is 0 Å². The maximum atomic E-state index is 13.5. The van der Waals surface area contributed by atoms with E-state index in [1.165, 1.54) is 12.5 Å². The zero-order valence-electron chi connectivity index (χ0n) is 19.5. The van der Waals surface area contributed by atoms with Crippen molar-refractivity contribution in [1.29, 1.82) is 0 Å². The van der Waals surface area contributed by atoms with Crippen LogP contribution in [0.5, 0.6) is 0 Å². The van der Waals surface area contributed by atoms with Gasteiger partial charge in [0.1, 0.15) is 6.04 Å². The molecule has 1 atom stereocenters. The van der Waals surface area contributed by atoms with E-state index in [0.717, 1.165) is 36.8 Å². The van der Waals surface area contributed by atoms with Crippen molar-refractivity contribution in [2.75, 3.05) is 0 Å². The molecule has 1 fully saturated rings. The number of nitrogens with one attached hydrogen (secondary N) is 1. The second kappa shape index (κ2) is 11.6. The second-order valence-electron chi connectivity index (χ2n) is 8.78. The summed E-state index contributed by atoms with van der Waals surface area (Å²) in [4.78, 5) is 39.4. The molecule has 33 heavy (non-hydrogen) atoms. The van der Waals surface area contributed by atoms with Crippen molar-refractivity contribution in [2.24, 2.45) is 0 Å². The van der Waals surface area contributed by atoms with Gasteiger partial charge in [-0.2, -0.15) is 0 Å². The number of para-hydroxylation sites is 1. The lowest BCUT2D eigenvalue weighted by molar-refractivity contribution is -0.385. The number of hydrogen-bond acceptors (Lipinski definition) is 4. The molecule has 2 aromatic rings. The van der Waals surface area contributed by atoms with Crippen LogP contribution < -0.4 is 5.32 Å². The minimum atomic E-state index is -0.637. The van der Waals surface area contributed by atoms with Gasteiger partial charge in [0.25, 0.3) is 5.69 Å². The molecule has 1 N–H and O–H groups in total. The fraction of sp³-hybridized carbons (Fsp3) is 0.462. The van der Waals surface area contributed by atoms with E-state index < -0.39 is 11.0 Å². The fourth-order valence-electron chi connectivity index (χ4n) is 4.54. The van der Waals surface area contributed by atoms with Gasteiger partial charge in [0.15, 0.2) is 0 Å². The lowest BCUT2D eigenvalue weighted by atomic mass is 9.95. The zero-order chi connectivity index (χ0) is 23.8. The number of nitro groups is 1. The standard InChI is InChI=1S/C26H33N3O4/c1-3-23(26(31)27-22-14-5-4-6-15-22)28(18-21-13-8-7-11-19(21)2)25(30)17-20-12-9-10-16-24(20)29(32)33/h7-13,16,22-23H,3-6,14-15,17-18H2,1-2H3,(H,27,31)/t23-/m1/s1. The van der Waals surface area contributed by atoms with Gasteiger partial charge in [-0.1, -0.05) is 68.7 Å². The molecule has 7 nitrogen and oxygen atoms in total. The SMILES string of the molecule is CC[C@H](C(=O)NC1CCCCC1)N(Cc1ccccc1C)C(=O)Cc1ccccc1[N+](=O)[O-]. The van der Waals surface area contributed by atoms with Crippen LogP contribution in [0.25, 0.3) is 0 Å². The number of benzene rings is 2. The first-order chi connectivity index (χ1) is 15.9. The molecule has 0 heterocycles. The molecule has 0 radical (unpaired) electrons. The topological polar surface area (TPSA) is 92.6 Å². The second-order valence-corrected chi connectivity index (χ2v) is 8.78. The highest BCUT2D eigenvalue weighted by Crippen LogP contribution is 2.23. The van der Waals surface area contributed by atoms with Crippen molar-refractivity contribution in [3.05, 3.63) is 75.3 Å². The highest BCUT2D eigenvalue weighted by molar-refractivity contribution is 5.89. The number of nitro benzene ring substituents is 1. The molecule has 0 bridgehead atoms. The Labute approximate surface area is 195 Å². The summed E-state index contributed by atoms with van der Waals surface area (Å²) in [5, 5.41) is 14.6. The van der Waals surface area contributed by atoms with E-state index in [0.29, 0.717) is 12.0 Å². The van der Waals surface area contributed by atoms with Gasteiger partial charge in [0.05, 0.1) is 11.3 Å². The van der Waals surface area contributed by atoms with Gasteiger partial charge in [-0.3, -0.25) is 19.7 Å². The van der Waals surface area contributed by atoms with Gasteiger partial charge >= 0.3 is 0 Å². The molecular formula is C26H33N3O4. The fourth-order valence-corrected chi connectivity index (χ4v) is 4.54. The van der Waals surface area contributed by atoms with E-state index in [1.54, 1.807) is 23.1 Å². The Morgan fingerprint density at radius 3 is 2.33 bits per heavy atom. The summed E-state index contributed by atoms with van der Waals surface area (Å²) in [5.74, 6) is -0.438. The molecule has 2 amide bonds. The number of nitrogens with zero attached hydrogens (tertiary/aromatic N) is 2. The Morgan fingerprint density at radius 2 is 1.70 bits per heavy atom. The average Bonchev–Trinajstić information content (AvgIpc) is 2.81. The molecule has 0 unspecified atom stereocenters. The molecule has 3 rings (SSSR count). The van der Waals surface area contributed by atoms with Crippen LogP contribution in [0.1, 0.15) is 62.1 Å². The summed E-state index contributed by atoms with van der Waals surface area (Å²) in [7, 11) is 0. The first kappa shape index (κ1) is 24.4. The van der Waals surface area contributed by atoms with Gasteiger partial charge < -0.3 is 10.2 Å². The van der Waals surface area contributed by atoms with Gasteiger partial charge in [-0.25, -0.2) is 0 Å². The van der Waals surface area contributed by atoms with Crippen molar-refractivity contribution in [3.8, 4) is 0 Å². The third kappa shape index (κ3) is 6.40. The molecule has 7 heteroatoms. The van der Waals surface area contributed by atoms with Crippen LogP contribution in [0.3, 0.4) is 0 Å². The molecule has 0 aliphatic heterocycles. The first-order valence-corrected chi connectivity index (χ1v) is 11.8. The summed E-state index contributed by atoms with van der Waals surface area (Å²) >= 11 is 0. The average molecular weight is 452 g/mol. The van der Waals surface area contributed by atoms with Crippen LogP contribution in [0, 0.1) is 17.0 Å². The summed E-state index contributed by atoms with van der Waals surface area (Å²) in [6.45, 7) is 4.15. The van der Waals surface area contributed by atoms with Gasteiger partial charge in [-0.15, -0.1) is 0 Å². The minimum Gasteiger partial charge on any atom is -0.352 e. The molecule has 0 saturated heterocycles. The van der Waals surface area contributed by atoms with Crippen LogP contribution in [-0.4, -0.2) is 33.7 Å². The number of hydrogen-bond donors (Lipinski definition) is 1. The molecule has 0 spiro atoms. The molecule has 176 valence electrons. The van der Waals surface area contributed by atoms with Gasteiger partial charge in [0, 0.05) is 24.2 Å². The number of carbonyl (C=O) groups excluding carboxylic acids is 2. The van der Waals surface area contributed by atoms with Crippen molar-refractivity contribution in [3.63, 3.8) is 0 Å². The predicted octanol–water partition coefficient (Wildman–Crippen LogP) is 4.70. The Kier molecular flexibility index (Phi) is 8.58. The van der Waals surface area contributed by atoms with E-state index in [-0.39, 0.29) is 36.5 Å². The molecule has 1 aliphatic carbocycles. The summed E-state index contributed by atoms with van der Waals surface area (Å²) < 4.78 is 0. The Balaban J connectivity index is 1.87. The van der Waals surface area contributed by atoms with E-state index in [9.17, 15) is 19.7 Å². The van der Waals surface area contributed by atoms with E-state index in [4.69, 9.17) is 0 Å². The highest BCUT2D eigenvalue weighted by atomic mass is 16.6. The van der Waals surface area contributed by atoms with Crippen LogP contribution in [0.15, 0.2) is 48.5 Å². The molecule has 0 aromatic heterocycles. The van der Waals surface area contributed by atoms with Crippen molar-refractivity contribution in [2.45, 2.75) is 77.4 Å². The molecular weight excluding hydrogens is 418 g/mol. The van der Waals surface area contributed by atoms with Crippen molar-refractivity contribution in [1.82, 2.24) is 10.2 Å². The summed E-state index contributed by atoms with van der Waals surface area (Å²) in [6.07, 6.45) is 5.66. The molecule has 2 aromatic carbocycles. The maximum absolute atomic E-state index is 13.5. The largest absolute Gasteiger partial charge is 0.352 e. The summed E-state index contributed by atoms with van der Waals surface area (Å²) in [6, 6.07) is 13.6. The first-order valence-electron chi connectivity index (χ1n) is 11.8. The van der Waals surface area contributed by atoms with Gasteiger partial charge in [-0.05, 0) is 37.3 Å². The minimum absolute atomic E-state index is 0.0820. The van der Waals surface area contributed by atoms with Crippen LogP contribution in [0.4, 0.5) is 5.69 Å². The highest BCUT2D eigenvalue weighted by Gasteiger charge is 2.31. The summed E-state index contributed by atoms with van der Waals surface area (Å²) in [5.41, 5.74) is 2.26. The van der Waals surface area contributed by atoms with Gasteiger partial charge in [0.2, 0.25) is 11.8 Å². The Hall–Kier alpha value is -3.22. The molecule has 1 saturated carbocycles. The number of carbonyl (C=O) groups is 2. The van der Waals surface area contributed by atoms with Crippen molar-refractivity contribution < 1.29 is 14.5 Å². The van der Waals surface area contributed by atoms with Crippen LogP contribution in [0.2, 0.25) is 0 Å². The third-order valence-corrected chi connectivity index (χ3v) is 6.47. The van der Waals surface area contributed by atoms with E-state index in [2.05, 4.69) is 5.32 Å². The van der Waals surface area contributed by atoms with E-state index in [1.807, 2.05) is 38.1 Å². The zero-order valence-corrected chi connectivity index (χ0v) is 19.5. The van der Waals surface area contributed by atoms with Crippen molar-refractivity contribution >= 4 is 17.5 Å². The Morgan fingerprint density at radius 1 is 1.06 bits per heavy atom. The predicted molar refractivity (Wildman–Crippen MR) is 128 cm³/mol. The molecule has 1 aliphatic rings. The lowest BCUT2D eigenvalue weighted by Crippen LogP contribution is -2.52. The smallest absolute Gasteiger partial charge is 0.273 e. The number of amides is 2. The van der Waals surface area contributed by atoms with Crippen LogP contribution in [-0.2, 0) is 22.6 Å². The monoisotopic (exact) mass is 451 g/mol. The normalized spacial score (nSPS) is 15.0. The number of rotatable bonds is 9. The lowest BCUT2D eigenvalue weighted by Gasteiger charge is -2.33. The van der Waals surface area contributed by atoms with Crippen LogP contribution >= 0.6 is 0 Å². The number of aryl methyl sites for hydroxylation is 1. The third-order valence-electron chi connectivity index (χ3n) is 6.47.